The normalized spacial score (nSPS) is 12.9. The van der Waals surface area contributed by atoms with Crippen LogP contribution in [-0.4, -0.2) is 81.1 Å². The quantitative estimate of drug-likeness (QED) is 0.0139. The summed E-state index contributed by atoms with van der Waals surface area (Å²) < 4.78 is 68.3. The van der Waals surface area contributed by atoms with Crippen LogP contribution in [0.3, 0.4) is 0 Å². The molecule has 1 aliphatic rings. The van der Waals surface area contributed by atoms with Crippen LogP contribution in [0.15, 0.2) is 235 Å². The largest absolute Gasteiger partial charge is 1.00 e. The number of alkyl halides is 5. The fraction of sp³-hybridized carbons (Fsp3) is 0.368. The van der Waals surface area contributed by atoms with Gasteiger partial charge in [-0.25, -0.2) is 8.42 Å². The van der Waals surface area contributed by atoms with Crippen molar-refractivity contribution in [2.75, 3.05) is 45.9 Å². The van der Waals surface area contributed by atoms with Crippen molar-refractivity contribution in [2.45, 2.75) is 153 Å². The van der Waals surface area contributed by atoms with Gasteiger partial charge in [0.2, 0.25) is 0 Å². The third-order valence-corrected chi connectivity index (χ3v) is 24.6. The molecule has 0 amide bonds. The van der Waals surface area contributed by atoms with Crippen molar-refractivity contribution >= 4 is 109 Å². The Bertz CT molecular complexity index is 4110. The number of ether oxygens (including phenoxy) is 6. The number of hydrogen-bond donors (Lipinski definition) is 1. The first-order chi connectivity index (χ1) is 50.5. The van der Waals surface area contributed by atoms with Gasteiger partial charge in [0, 0.05) is 66.6 Å². The first kappa shape index (κ1) is 98.2. The molecule has 0 saturated heterocycles. The van der Waals surface area contributed by atoms with Crippen LogP contribution in [-0.2, 0) is 64.1 Å². The third-order valence-electron chi connectivity index (χ3n) is 16.6. The second-order valence-electron chi connectivity index (χ2n) is 28.0. The van der Waals surface area contributed by atoms with Gasteiger partial charge in [0.1, 0.15) is 32.6 Å². The van der Waals surface area contributed by atoms with Crippen molar-refractivity contribution < 1.29 is 119 Å². The summed E-state index contributed by atoms with van der Waals surface area (Å²) >= 11 is 25.9. The molecule has 1 fully saturated rings. The monoisotopic (exact) mass is 1840 g/mol. The predicted octanol–water partition coefficient (Wildman–Crippen LogP) is 14.6. The maximum atomic E-state index is 11.0. The van der Waals surface area contributed by atoms with Gasteiger partial charge in [-0.2, -0.15) is 0 Å². The molecule has 0 spiro atoms. The molecule has 1 aliphatic carbocycles. The van der Waals surface area contributed by atoms with Crippen molar-refractivity contribution in [2.24, 2.45) is 11.3 Å². The van der Waals surface area contributed by atoms with Crippen LogP contribution < -0.4 is 77.2 Å². The molecule has 1 N–H and O–H groups in total. The van der Waals surface area contributed by atoms with E-state index in [1.165, 1.54) is 106 Å². The Labute approximate surface area is 718 Å². The van der Waals surface area contributed by atoms with E-state index in [0.717, 1.165) is 48.6 Å². The van der Waals surface area contributed by atoms with Gasteiger partial charge in [0.25, 0.3) is 0 Å². The topological polar surface area (TPSA) is 150 Å². The minimum Gasteiger partial charge on any atom is -1.00 e. The molecule has 1 heterocycles. The van der Waals surface area contributed by atoms with E-state index < -0.39 is 21.0 Å². The average Bonchev–Trinajstić information content (AvgIpc) is 1.60. The molecule has 0 radical (unpaired) electrons. The van der Waals surface area contributed by atoms with E-state index in [-0.39, 0.29) is 141 Å². The molecule has 3 atom stereocenters. The Morgan fingerprint density at radius 3 is 1.53 bits per heavy atom. The molecule has 21 heteroatoms. The fourth-order valence-corrected chi connectivity index (χ4v) is 16.3. The number of aliphatic hydroxyl groups is 1. The molecule has 1 saturated carbocycles. The number of methoxy groups -OCH3 is 3. The molecule has 1 aromatic heterocycles. The van der Waals surface area contributed by atoms with Crippen LogP contribution in [0, 0.1) is 18.5 Å². The molecule has 108 heavy (non-hydrogen) atoms. The number of esters is 1. The van der Waals surface area contributed by atoms with Gasteiger partial charge in [-0.05, 0) is 136 Å². The Kier molecular flexibility index (Phi) is 47.0. The number of fused-ring (bicyclic) bond motifs is 3. The number of carbonyl (C=O) groups is 1. The van der Waals surface area contributed by atoms with E-state index in [1.54, 1.807) is 14.2 Å². The molecule has 10 aromatic rings. The summed E-state index contributed by atoms with van der Waals surface area (Å²) in [6, 6.07) is 77.7. The van der Waals surface area contributed by atoms with Crippen molar-refractivity contribution in [1.29, 1.82) is 0 Å². The number of hydrogen-bond acceptors (Lipinski definition) is 11. The molecular weight excluding hydrogens is 1740 g/mol. The van der Waals surface area contributed by atoms with Gasteiger partial charge in [-0.3, -0.25) is 4.79 Å². The summed E-state index contributed by atoms with van der Waals surface area (Å²) in [4.78, 5) is 11.9. The van der Waals surface area contributed by atoms with E-state index in [9.17, 15) is 17.8 Å². The van der Waals surface area contributed by atoms with Crippen molar-refractivity contribution in [3.8, 4) is 16.4 Å². The second-order valence-corrected chi connectivity index (χ2v) is 36.4. The fourth-order valence-electron chi connectivity index (χ4n) is 10.6. The summed E-state index contributed by atoms with van der Waals surface area (Å²) in [6.45, 7) is 21.6. The smallest absolute Gasteiger partial charge is 1.00 e. The van der Waals surface area contributed by atoms with Crippen molar-refractivity contribution in [1.82, 2.24) is 0 Å². The number of aliphatic hydroxyl groups excluding tert-OH is 1. The predicted molar refractivity (Wildman–Crippen MR) is 441 cm³/mol. The minimum atomic E-state index is -4.57. The maximum Gasteiger partial charge on any atom is 1.00 e. The zero-order chi connectivity index (χ0) is 77.7. The van der Waals surface area contributed by atoms with Gasteiger partial charge in [0.05, 0.1) is 18.6 Å². The van der Waals surface area contributed by atoms with E-state index in [4.69, 9.17) is 79.9 Å². The summed E-state index contributed by atoms with van der Waals surface area (Å²) in [5.41, 5.74) is 7.22. The molecule has 580 valence electrons. The van der Waals surface area contributed by atoms with Gasteiger partial charge in [-0.1, -0.05) is 308 Å². The summed E-state index contributed by atoms with van der Waals surface area (Å²) in [5, 5.41) is 11.8. The number of benzene rings is 9. The van der Waals surface area contributed by atoms with Gasteiger partial charge in [0.15, 0.2) is 38.5 Å². The summed E-state index contributed by atoms with van der Waals surface area (Å²) in [5.74, 6) is 0.365. The maximum absolute atomic E-state index is 11.0. The zero-order valence-electron chi connectivity index (χ0n) is 64.4. The first-order valence-electron chi connectivity index (χ1n) is 35.3. The van der Waals surface area contributed by atoms with E-state index in [2.05, 4.69) is 200 Å². The number of thiophene rings is 1. The zero-order valence-corrected chi connectivity index (χ0v) is 76.4. The SMILES string of the molecule is CC(C)(C)C(Cl)OCCC1CCCCC1.CC(C)(C)c1ccc([I+]c2ccc(C(C)(C)C)cc2)cc1.COC(Cl)Cc1ccccc1.COC(Cl)c1ccccc1.COc1cc(S(=O)(=O)[O-])ccc1OC(=O)CBr.ClCOCc1ccccc1.OCCc1ccc(-[s+]2c3ccccc3c3ccccc32)cc1.[Br-].[Na+]. The number of halogens is 7. The standard InChI is InChI=1S/C20H26I.C20H17OS.C13H25ClO.C9H9BrO6S.C9H11ClO.2C8H9ClO.BrH.Na/c1-19(2,3)15-7-11-17(12-8-15)21-18-13-9-16(10-14-18)20(4,5)6;21-14-13-15-9-11-16(12-10-15)22-19-7-3-1-5-17(19)18-6-2-4-8-20(18)22;1-13(2,3)12(14)15-10-9-11-7-5-4-6-8-11;1-15-8-4-6(17(12,13)14)2-3-7(8)16-9(11)5-10;1-11-9(10)7-8-5-3-2-4-6-8;1-10-8(9)7-5-3-2-4-6-7;9-7-10-6-8-4-2-1-3-5-8;;/h7-14H,1-6H3;1-12,21H,13-14H2;11-12H,4-10H2,1-3H3;2-4H,5H2,1H3,(H,12,13,14);2-6,9H,7H2,1H3;2-6,8H,1H3;1-5H,6-7H2;1H;/q2*+1;;;;;;;+1/p-2. The van der Waals surface area contributed by atoms with Gasteiger partial charge in [-0.15, -0.1) is 0 Å². The third kappa shape index (κ3) is 36.0. The van der Waals surface area contributed by atoms with Crippen LogP contribution >= 0.6 is 72.8 Å². The molecule has 0 aliphatic heterocycles. The molecule has 11 rings (SSSR count). The van der Waals surface area contributed by atoms with E-state index >= 15 is 0 Å². The van der Waals surface area contributed by atoms with Crippen LogP contribution in [0.25, 0.3) is 25.1 Å². The molecule has 11 nitrogen and oxygen atoms in total. The molecular formula is C87H105Br2Cl4INaO11S2+. The summed E-state index contributed by atoms with van der Waals surface area (Å²) in [7, 11) is -0.116. The summed E-state index contributed by atoms with van der Waals surface area (Å²) in [6.07, 6.45) is 9.72. The Hall–Kier alpha value is -3.97. The van der Waals surface area contributed by atoms with Crippen molar-refractivity contribution in [3.63, 3.8) is 0 Å². The van der Waals surface area contributed by atoms with E-state index in [1.807, 2.05) is 91.0 Å². The first-order valence-corrected chi connectivity index (χ1v) is 43.0. The van der Waals surface area contributed by atoms with E-state index in [0.29, 0.717) is 6.61 Å². The molecule has 3 unspecified atom stereocenters. The molecule has 0 bridgehead atoms. The number of rotatable bonds is 21. The van der Waals surface area contributed by atoms with Crippen LogP contribution in [0.5, 0.6) is 11.5 Å². The number of carbonyl (C=O) groups excluding carboxylic acids is 1. The Morgan fingerprint density at radius 2 is 1.09 bits per heavy atom. The van der Waals surface area contributed by atoms with Crippen LogP contribution in [0.4, 0.5) is 0 Å². The van der Waals surface area contributed by atoms with Gasteiger partial charge >= 0.3 is 56.7 Å². The molecule has 9 aromatic carbocycles. The Morgan fingerprint density at radius 1 is 0.611 bits per heavy atom. The average molecular weight is 1840 g/mol. The second kappa shape index (κ2) is 51.7. The van der Waals surface area contributed by atoms with Gasteiger partial charge < -0.3 is 55.1 Å². The van der Waals surface area contributed by atoms with Crippen LogP contribution in [0.1, 0.15) is 140 Å². The minimum absolute atomic E-state index is 0. The Balaban J connectivity index is 0.000000333. The van der Waals surface area contributed by atoms with Crippen LogP contribution in [0.2, 0.25) is 0 Å². The van der Waals surface area contributed by atoms with Crippen molar-refractivity contribution in [3.05, 3.63) is 271 Å².